The number of anilines is 4. The fourth-order valence-electron chi connectivity index (χ4n) is 5.19. The zero-order chi connectivity index (χ0) is 29.1. The highest BCUT2D eigenvalue weighted by molar-refractivity contribution is 5.99. The second kappa shape index (κ2) is 11.6. The number of carbonyl (C=O) groups excluding carboxylic acids is 2. The number of ether oxygens (including phenoxy) is 1. The molecule has 2 N–H and O–H groups in total. The van der Waals surface area contributed by atoms with Crippen LogP contribution in [0.2, 0.25) is 0 Å². The summed E-state index contributed by atoms with van der Waals surface area (Å²) in [6.07, 6.45) is -3.31. The quantitative estimate of drug-likeness (QED) is 0.410. The molecule has 5 rings (SSSR count). The summed E-state index contributed by atoms with van der Waals surface area (Å²) in [6.45, 7) is 6.40. The van der Waals surface area contributed by atoms with E-state index in [1.165, 1.54) is 0 Å². The lowest BCUT2D eigenvalue weighted by atomic mass is 9.98. The number of aromatic nitrogens is 2. The molecule has 0 radical (unpaired) electrons. The number of amides is 2. The van der Waals surface area contributed by atoms with Crippen molar-refractivity contribution in [3.8, 4) is 5.75 Å². The molecular formula is C29H31F3N6O3. The Morgan fingerprint density at radius 3 is 2.61 bits per heavy atom. The Labute approximate surface area is 235 Å². The van der Waals surface area contributed by atoms with Crippen LogP contribution in [0.1, 0.15) is 36.2 Å². The maximum absolute atomic E-state index is 13.9. The molecule has 1 fully saturated rings. The molecule has 0 unspecified atom stereocenters. The molecule has 0 bridgehead atoms. The first kappa shape index (κ1) is 28.2. The minimum atomic E-state index is -4.62. The summed E-state index contributed by atoms with van der Waals surface area (Å²) < 4.78 is 47.4. The molecule has 0 saturated carbocycles. The first-order chi connectivity index (χ1) is 19.6. The van der Waals surface area contributed by atoms with Crippen molar-refractivity contribution in [2.24, 2.45) is 0 Å². The summed E-state index contributed by atoms with van der Waals surface area (Å²) >= 11 is 0. The van der Waals surface area contributed by atoms with Gasteiger partial charge in [0.2, 0.25) is 17.8 Å². The minimum absolute atomic E-state index is 0.0141. The van der Waals surface area contributed by atoms with Crippen molar-refractivity contribution < 1.29 is 27.5 Å². The average molecular weight is 569 g/mol. The van der Waals surface area contributed by atoms with Crippen LogP contribution >= 0.6 is 0 Å². The number of aryl methyl sites for hydroxylation is 2. The third-order valence-corrected chi connectivity index (χ3v) is 7.29. The number of carbonyl (C=O) groups is 2. The van der Waals surface area contributed by atoms with Gasteiger partial charge in [0.25, 0.3) is 0 Å². The van der Waals surface area contributed by atoms with Gasteiger partial charge in [0, 0.05) is 56.7 Å². The van der Waals surface area contributed by atoms with E-state index >= 15 is 0 Å². The van der Waals surface area contributed by atoms with Crippen molar-refractivity contribution in [3.63, 3.8) is 0 Å². The number of alkyl halides is 3. The van der Waals surface area contributed by atoms with Crippen LogP contribution in [0.3, 0.4) is 0 Å². The molecular weight excluding hydrogens is 537 g/mol. The average Bonchev–Trinajstić information content (AvgIpc) is 3.33. The van der Waals surface area contributed by atoms with Gasteiger partial charge < -0.3 is 25.2 Å². The molecule has 0 aliphatic carbocycles. The second-order valence-corrected chi connectivity index (χ2v) is 9.95. The molecule has 216 valence electrons. The van der Waals surface area contributed by atoms with Crippen LogP contribution in [0.15, 0.2) is 42.6 Å². The zero-order valence-electron chi connectivity index (χ0n) is 22.8. The number of nitrogens with one attached hydrogen (secondary N) is 2. The van der Waals surface area contributed by atoms with Gasteiger partial charge in [-0.1, -0.05) is 12.1 Å². The van der Waals surface area contributed by atoms with Gasteiger partial charge in [0.15, 0.2) is 0 Å². The van der Waals surface area contributed by atoms with Crippen molar-refractivity contribution in [2.75, 3.05) is 48.3 Å². The van der Waals surface area contributed by atoms with Gasteiger partial charge in [-0.25, -0.2) is 9.97 Å². The molecule has 41 heavy (non-hydrogen) atoms. The summed E-state index contributed by atoms with van der Waals surface area (Å²) in [5.74, 6) is 0.453. The van der Waals surface area contributed by atoms with Crippen LogP contribution in [0.4, 0.5) is 36.2 Å². The second-order valence-electron chi connectivity index (χ2n) is 9.95. The first-order valence-electron chi connectivity index (χ1n) is 13.5. The van der Waals surface area contributed by atoms with Gasteiger partial charge >= 0.3 is 6.18 Å². The predicted molar refractivity (Wildman–Crippen MR) is 149 cm³/mol. The number of fused-ring (bicyclic) bond motifs is 1. The molecule has 2 aromatic carbocycles. The highest BCUT2D eigenvalue weighted by Gasteiger charge is 2.35. The molecule has 1 aromatic heterocycles. The molecule has 0 spiro atoms. The van der Waals surface area contributed by atoms with Crippen LogP contribution in [-0.2, 0) is 35.0 Å². The summed E-state index contributed by atoms with van der Waals surface area (Å²) in [4.78, 5) is 35.7. The highest BCUT2D eigenvalue weighted by Crippen LogP contribution is 2.35. The van der Waals surface area contributed by atoms with Crippen molar-refractivity contribution in [1.82, 2.24) is 14.9 Å². The molecule has 2 aliphatic rings. The molecule has 3 heterocycles. The molecule has 3 aromatic rings. The Kier molecular flexibility index (Phi) is 8.00. The Morgan fingerprint density at radius 1 is 1.12 bits per heavy atom. The van der Waals surface area contributed by atoms with Gasteiger partial charge in [0.1, 0.15) is 5.75 Å². The first-order valence-corrected chi connectivity index (χ1v) is 13.5. The van der Waals surface area contributed by atoms with Crippen molar-refractivity contribution in [1.29, 1.82) is 0 Å². The Morgan fingerprint density at radius 2 is 1.90 bits per heavy atom. The Bertz CT molecular complexity index is 1450. The van der Waals surface area contributed by atoms with E-state index in [2.05, 4.69) is 25.5 Å². The minimum Gasteiger partial charge on any atom is -0.492 e. The number of nitrogens with zero attached hydrogens (tertiary/aromatic N) is 4. The number of benzene rings is 2. The highest BCUT2D eigenvalue weighted by atomic mass is 19.4. The van der Waals surface area contributed by atoms with Crippen LogP contribution in [-0.4, -0.2) is 59.5 Å². The maximum atomic E-state index is 13.9. The van der Waals surface area contributed by atoms with Gasteiger partial charge in [0.05, 0.1) is 30.0 Å². The molecule has 2 aliphatic heterocycles. The summed E-state index contributed by atoms with van der Waals surface area (Å²) in [7, 11) is 0. The smallest absolute Gasteiger partial charge is 0.419 e. The fourth-order valence-corrected chi connectivity index (χ4v) is 5.19. The SMILES string of the molecule is CCOc1cc(N2CCN(C(C)=O)CC2)ccc1Nc1ncc(C(F)(F)F)c(CCc2cccc3c2CC(=O)N3)n1. The van der Waals surface area contributed by atoms with Crippen molar-refractivity contribution in [3.05, 3.63) is 65.0 Å². The monoisotopic (exact) mass is 568 g/mol. The van der Waals surface area contributed by atoms with E-state index in [4.69, 9.17) is 4.74 Å². The maximum Gasteiger partial charge on any atom is 0.419 e. The number of piperazine rings is 1. The zero-order valence-corrected chi connectivity index (χ0v) is 22.8. The number of halogens is 3. The lowest BCUT2D eigenvalue weighted by Gasteiger charge is -2.35. The summed E-state index contributed by atoms with van der Waals surface area (Å²) in [5, 5.41) is 5.80. The molecule has 2 amide bonds. The lowest BCUT2D eigenvalue weighted by molar-refractivity contribution is -0.138. The Hall–Kier alpha value is -4.35. The van der Waals surface area contributed by atoms with Crippen LogP contribution in [0, 0.1) is 0 Å². The van der Waals surface area contributed by atoms with Gasteiger partial charge in [-0.2, -0.15) is 13.2 Å². The van der Waals surface area contributed by atoms with E-state index in [1.54, 1.807) is 30.0 Å². The van der Waals surface area contributed by atoms with Crippen molar-refractivity contribution in [2.45, 2.75) is 39.3 Å². The number of rotatable bonds is 8. The largest absolute Gasteiger partial charge is 0.492 e. The topological polar surface area (TPSA) is 99.7 Å². The molecule has 0 atom stereocenters. The normalized spacial score (nSPS) is 15.0. The number of hydrogen-bond donors (Lipinski definition) is 2. The fraction of sp³-hybridized carbons (Fsp3) is 0.379. The van der Waals surface area contributed by atoms with E-state index < -0.39 is 11.7 Å². The molecule has 9 nitrogen and oxygen atoms in total. The van der Waals surface area contributed by atoms with E-state index in [-0.39, 0.29) is 42.7 Å². The lowest BCUT2D eigenvalue weighted by Crippen LogP contribution is -2.48. The van der Waals surface area contributed by atoms with Gasteiger partial charge in [-0.05, 0) is 49.1 Å². The van der Waals surface area contributed by atoms with Crippen molar-refractivity contribution >= 4 is 34.8 Å². The third kappa shape index (κ3) is 6.36. The summed E-state index contributed by atoms with van der Waals surface area (Å²) in [6, 6.07) is 10.9. The Balaban J connectivity index is 1.37. The van der Waals surface area contributed by atoms with E-state index in [0.717, 1.165) is 23.0 Å². The van der Waals surface area contributed by atoms with Crippen LogP contribution in [0.25, 0.3) is 0 Å². The molecule has 1 saturated heterocycles. The van der Waals surface area contributed by atoms with Crippen LogP contribution in [0.5, 0.6) is 5.75 Å². The molecule has 12 heteroatoms. The number of hydrogen-bond acceptors (Lipinski definition) is 7. The van der Waals surface area contributed by atoms with E-state index in [1.807, 2.05) is 25.1 Å². The van der Waals surface area contributed by atoms with E-state index in [9.17, 15) is 22.8 Å². The van der Waals surface area contributed by atoms with Gasteiger partial charge in [-0.3, -0.25) is 9.59 Å². The van der Waals surface area contributed by atoms with E-state index in [0.29, 0.717) is 49.9 Å². The third-order valence-electron chi connectivity index (χ3n) is 7.29. The van der Waals surface area contributed by atoms with Gasteiger partial charge in [-0.15, -0.1) is 0 Å². The predicted octanol–water partition coefficient (Wildman–Crippen LogP) is 4.59. The van der Waals surface area contributed by atoms with Crippen LogP contribution < -0.4 is 20.3 Å². The standard InChI is InChI=1S/C29H31F3N6O3/c1-3-41-26-15-20(38-13-11-37(12-14-38)18(2)39)8-10-25(26)36-28-33-17-22(29(30,31)32)24(35-28)9-7-19-5-4-6-23-21(19)16-27(40)34-23/h4-6,8,10,15,17H,3,7,9,11-14,16H2,1-2H3,(H,34,40)(H,33,35,36). The summed E-state index contributed by atoms with van der Waals surface area (Å²) in [5.41, 5.74) is 2.72.